The highest BCUT2D eigenvalue weighted by Gasteiger charge is 2.17. The minimum absolute atomic E-state index is 0.0653. The van der Waals surface area contributed by atoms with Crippen molar-refractivity contribution in [2.75, 3.05) is 0 Å². The van der Waals surface area contributed by atoms with Crippen molar-refractivity contribution in [3.8, 4) is 11.1 Å². The number of aromatic nitrogens is 3. The van der Waals surface area contributed by atoms with E-state index < -0.39 is 5.97 Å². The van der Waals surface area contributed by atoms with Gasteiger partial charge in [0.25, 0.3) is 0 Å². The van der Waals surface area contributed by atoms with Gasteiger partial charge in [-0.3, -0.25) is 4.57 Å². The largest absolute Gasteiger partial charge is 0.478 e. The zero-order valence-electron chi connectivity index (χ0n) is 19.3. The molecule has 0 radical (unpaired) electrons. The van der Waals surface area contributed by atoms with Crippen molar-refractivity contribution >= 4 is 5.97 Å². The fourth-order valence-corrected chi connectivity index (χ4v) is 3.94. The van der Waals surface area contributed by atoms with E-state index in [1.807, 2.05) is 36.4 Å². The number of aromatic carboxylic acids is 1. The van der Waals surface area contributed by atoms with E-state index in [2.05, 4.69) is 25.9 Å². The van der Waals surface area contributed by atoms with Crippen molar-refractivity contribution in [3.63, 3.8) is 0 Å². The maximum Gasteiger partial charge on any atom is 0.346 e. The molecule has 0 atom stereocenters. The molecular weight excluding hydrogens is 402 g/mol. The van der Waals surface area contributed by atoms with Gasteiger partial charge < -0.3 is 5.11 Å². The predicted octanol–water partition coefficient (Wildman–Crippen LogP) is 5.55. The van der Waals surface area contributed by atoms with Gasteiger partial charge in [-0.15, -0.1) is 0 Å². The van der Waals surface area contributed by atoms with Gasteiger partial charge in [-0.05, 0) is 29.2 Å². The van der Waals surface area contributed by atoms with E-state index in [9.17, 15) is 14.7 Å². The van der Waals surface area contributed by atoms with Gasteiger partial charge in [0, 0.05) is 12.5 Å². The summed E-state index contributed by atoms with van der Waals surface area (Å²) in [5, 5.41) is 14.1. The predicted molar refractivity (Wildman–Crippen MR) is 127 cm³/mol. The Balaban J connectivity index is 1.80. The molecule has 3 aromatic rings. The molecule has 0 amide bonds. The maximum atomic E-state index is 13.0. The molecule has 2 aromatic carbocycles. The molecule has 1 N–H and O–H groups in total. The van der Waals surface area contributed by atoms with E-state index in [1.54, 1.807) is 21.4 Å². The van der Waals surface area contributed by atoms with Gasteiger partial charge in [-0.2, -0.15) is 5.10 Å². The number of hydrogen-bond donors (Lipinski definition) is 1. The molecule has 0 aliphatic rings. The van der Waals surface area contributed by atoms with Crippen LogP contribution in [0.15, 0.2) is 53.3 Å². The van der Waals surface area contributed by atoms with Gasteiger partial charge in [0.05, 0.1) is 12.1 Å². The molecule has 170 valence electrons. The Bertz CT molecular complexity index is 1090. The SMILES string of the molecule is CCCCCCCn1nc(C(C)C)n(Cc2ccc(-c3ccccc3C(=O)O)cc2)c1=O. The second kappa shape index (κ2) is 10.9. The summed E-state index contributed by atoms with van der Waals surface area (Å²) >= 11 is 0. The van der Waals surface area contributed by atoms with Crippen LogP contribution in [0, 0.1) is 0 Å². The Morgan fingerprint density at radius 2 is 1.69 bits per heavy atom. The van der Waals surface area contributed by atoms with Crippen LogP contribution in [0.1, 0.15) is 80.5 Å². The molecule has 0 unspecified atom stereocenters. The van der Waals surface area contributed by atoms with Crippen LogP contribution in [0.2, 0.25) is 0 Å². The van der Waals surface area contributed by atoms with Crippen molar-refractivity contribution in [2.45, 2.75) is 71.9 Å². The molecule has 1 heterocycles. The van der Waals surface area contributed by atoms with E-state index in [-0.39, 0.29) is 17.2 Å². The van der Waals surface area contributed by atoms with E-state index in [0.717, 1.165) is 29.8 Å². The fourth-order valence-electron chi connectivity index (χ4n) is 3.94. The minimum atomic E-state index is -0.945. The van der Waals surface area contributed by atoms with Gasteiger partial charge in [0.2, 0.25) is 0 Å². The van der Waals surface area contributed by atoms with Crippen LogP contribution in [-0.2, 0) is 13.1 Å². The first-order valence-corrected chi connectivity index (χ1v) is 11.5. The van der Waals surface area contributed by atoms with Crippen molar-refractivity contribution in [1.29, 1.82) is 0 Å². The van der Waals surface area contributed by atoms with Gasteiger partial charge in [0.15, 0.2) is 0 Å². The number of carboxylic acids is 1. The average molecular weight is 436 g/mol. The first-order valence-electron chi connectivity index (χ1n) is 11.5. The minimum Gasteiger partial charge on any atom is -0.478 e. The molecular formula is C26H33N3O3. The zero-order chi connectivity index (χ0) is 23.1. The summed E-state index contributed by atoms with van der Waals surface area (Å²) in [6.07, 6.45) is 5.70. The molecule has 0 saturated carbocycles. The number of carboxylic acid groups (broad SMARTS) is 1. The molecule has 0 spiro atoms. The summed E-state index contributed by atoms with van der Waals surface area (Å²) in [5.74, 6) is -0.00507. The van der Waals surface area contributed by atoms with Crippen molar-refractivity contribution in [1.82, 2.24) is 14.3 Å². The van der Waals surface area contributed by atoms with Crippen molar-refractivity contribution in [3.05, 3.63) is 76.0 Å². The summed E-state index contributed by atoms with van der Waals surface area (Å²) < 4.78 is 3.37. The summed E-state index contributed by atoms with van der Waals surface area (Å²) in [5.41, 5.74) is 2.71. The number of unbranched alkanes of at least 4 members (excludes halogenated alkanes) is 4. The monoisotopic (exact) mass is 435 g/mol. The first kappa shape index (κ1) is 23.5. The molecule has 1 aromatic heterocycles. The van der Waals surface area contributed by atoms with Crippen LogP contribution in [0.5, 0.6) is 0 Å². The third kappa shape index (κ3) is 5.55. The molecule has 6 heteroatoms. The number of rotatable bonds is 11. The van der Waals surface area contributed by atoms with E-state index >= 15 is 0 Å². The van der Waals surface area contributed by atoms with E-state index in [1.165, 1.54) is 19.3 Å². The lowest BCUT2D eigenvalue weighted by atomic mass is 9.99. The lowest BCUT2D eigenvalue weighted by molar-refractivity contribution is 0.0697. The van der Waals surface area contributed by atoms with E-state index in [0.29, 0.717) is 18.7 Å². The molecule has 0 bridgehead atoms. The van der Waals surface area contributed by atoms with Crippen molar-refractivity contribution in [2.24, 2.45) is 0 Å². The molecule has 0 aliphatic carbocycles. The fraction of sp³-hybridized carbons (Fsp3) is 0.423. The van der Waals surface area contributed by atoms with Crippen LogP contribution < -0.4 is 5.69 Å². The van der Waals surface area contributed by atoms with Gasteiger partial charge >= 0.3 is 11.7 Å². The molecule has 32 heavy (non-hydrogen) atoms. The van der Waals surface area contributed by atoms with Crippen LogP contribution in [0.25, 0.3) is 11.1 Å². The summed E-state index contributed by atoms with van der Waals surface area (Å²) in [7, 11) is 0. The average Bonchev–Trinajstić information content (AvgIpc) is 3.10. The normalized spacial score (nSPS) is 11.2. The highest BCUT2D eigenvalue weighted by atomic mass is 16.4. The second-order valence-corrected chi connectivity index (χ2v) is 8.57. The number of nitrogens with zero attached hydrogens (tertiary/aromatic N) is 3. The van der Waals surface area contributed by atoms with Gasteiger partial charge in [-0.25, -0.2) is 14.3 Å². The maximum absolute atomic E-state index is 13.0. The summed E-state index contributed by atoms with van der Waals surface area (Å²) in [6, 6.07) is 14.7. The Morgan fingerprint density at radius 1 is 1.00 bits per heavy atom. The van der Waals surface area contributed by atoms with Gasteiger partial charge in [-0.1, -0.05) is 88.9 Å². The highest BCUT2D eigenvalue weighted by molar-refractivity contribution is 5.95. The van der Waals surface area contributed by atoms with Crippen LogP contribution in [0.3, 0.4) is 0 Å². The topological polar surface area (TPSA) is 77.1 Å². The van der Waals surface area contributed by atoms with Crippen LogP contribution >= 0.6 is 0 Å². The highest BCUT2D eigenvalue weighted by Crippen LogP contribution is 2.24. The summed E-state index contributed by atoms with van der Waals surface area (Å²) in [6.45, 7) is 7.40. The molecule has 6 nitrogen and oxygen atoms in total. The standard InChI is InChI=1S/C26H33N3O3/c1-4-5-6-7-10-17-29-26(32)28(24(27-29)19(2)3)18-20-13-15-21(16-14-20)22-11-8-9-12-23(22)25(30)31/h8-9,11-16,19H,4-7,10,17-18H2,1-3H3,(H,30,31). The van der Waals surface area contributed by atoms with Crippen LogP contribution in [0.4, 0.5) is 0 Å². The Hall–Kier alpha value is -3.15. The Labute approximate surface area is 189 Å². The van der Waals surface area contributed by atoms with Gasteiger partial charge in [0.1, 0.15) is 5.82 Å². The van der Waals surface area contributed by atoms with Crippen LogP contribution in [-0.4, -0.2) is 25.4 Å². The smallest absolute Gasteiger partial charge is 0.346 e. The lowest BCUT2D eigenvalue weighted by Gasteiger charge is -2.10. The second-order valence-electron chi connectivity index (χ2n) is 8.57. The third-order valence-electron chi connectivity index (χ3n) is 5.70. The molecule has 0 saturated heterocycles. The van der Waals surface area contributed by atoms with E-state index in [4.69, 9.17) is 0 Å². The quantitative estimate of drug-likeness (QED) is 0.401. The Kier molecular flexibility index (Phi) is 8.03. The number of benzene rings is 2. The number of aryl methyl sites for hydroxylation is 1. The zero-order valence-corrected chi connectivity index (χ0v) is 19.3. The molecule has 0 aliphatic heterocycles. The summed E-state index contributed by atoms with van der Waals surface area (Å²) in [4.78, 5) is 24.5. The molecule has 0 fully saturated rings. The lowest BCUT2D eigenvalue weighted by Crippen LogP contribution is -2.26. The molecule has 3 rings (SSSR count). The third-order valence-corrected chi connectivity index (χ3v) is 5.70. The number of carbonyl (C=O) groups is 1. The Morgan fingerprint density at radius 3 is 2.34 bits per heavy atom. The van der Waals surface area contributed by atoms with Crippen molar-refractivity contribution < 1.29 is 9.90 Å². The number of hydrogen-bond acceptors (Lipinski definition) is 3. The first-order chi connectivity index (χ1) is 15.4.